The topological polar surface area (TPSA) is 75.3 Å². The number of aromatic nitrogens is 2. The zero-order valence-electron chi connectivity index (χ0n) is 16.6. The minimum atomic E-state index is -2.89. The van der Waals surface area contributed by atoms with Crippen LogP contribution in [0.25, 0.3) is 0 Å². The zero-order valence-corrected chi connectivity index (χ0v) is 16.6. The molecule has 2 rings (SSSR count). The Bertz CT molecular complexity index is 872. The Kier molecular flexibility index (Phi) is 6.53. The average molecular weight is 393 g/mol. The lowest BCUT2D eigenvalue weighted by Crippen LogP contribution is -2.24. The van der Waals surface area contributed by atoms with E-state index in [-0.39, 0.29) is 35.0 Å². The number of nitrogens with one attached hydrogen (secondary N) is 1. The number of benzene rings is 1. The van der Waals surface area contributed by atoms with Crippen LogP contribution in [0.15, 0.2) is 35.1 Å². The predicted molar refractivity (Wildman–Crippen MR) is 103 cm³/mol. The average Bonchev–Trinajstić information content (AvgIpc) is 2.58. The summed E-state index contributed by atoms with van der Waals surface area (Å²) in [6.45, 7) is 3.08. The number of carbonyl (C=O) groups is 1. The third kappa shape index (κ3) is 5.61. The highest BCUT2D eigenvalue weighted by Crippen LogP contribution is 2.39. The van der Waals surface area contributed by atoms with E-state index in [4.69, 9.17) is 0 Å². The van der Waals surface area contributed by atoms with Crippen molar-refractivity contribution in [1.82, 2.24) is 9.97 Å². The van der Waals surface area contributed by atoms with Crippen LogP contribution in [0.4, 0.5) is 14.7 Å². The van der Waals surface area contributed by atoms with Gasteiger partial charge in [0.1, 0.15) is 11.4 Å². The SMILES string of the molecule is CN(C)c1nc(C(=O)C[C@@H](c2ccc(OC(F)F)cc2)C(C)(C)C)cc(=O)[nH]1. The maximum atomic E-state index is 12.9. The van der Waals surface area contributed by atoms with Gasteiger partial charge < -0.3 is 9.64 Å². The number of carbonyl (C=O) groups excluding carboxylic acids is 1. The largest absolute Gasteiger partial charge is 0.435 e. The van der Waals surface area contributed by atoms with E-state index in [0.717, 1.165) is 5.56 Å². The van der Waals surface area contributed by atoms with Crippen molar-refractivity contribution in [2.24, 2.45) is 5.41 Å². The molecule has 8 heteroatoms. The van der Waals surface area contributed by atoms with E-state index in [1.54, 1.807) is 31.1 Å². The summed E-state index contributed by atoms with van der Waals surface area (Å²) in [5, 5.41) is 0. The molecule has 6 nitrogen and oxygen atoms in total. The summed E-state index contributed by atoms with van der Waals surface area (Å²) in [5.74, 6) is -0.104. The summed E-state index contributed by atoms with van der Waals surface area (Å²) in [4.78, 5) is 33.1. The molecule has 0 radical (unpaired) electrons. The highest BCUT2D eigenvalue weighted by Gasteiger charge is 2.29. The molecule has 2 aromatic rings. The second-order valence-electron chi connectivity index (χ2n) is 7.84. The summed E-state index contributed by atoms with van der Waals surface area (Å²) in [6.07, 6.45) is 0.127. The molecule has 1 aromatic carbocycles. The number of hydrogen-bond donors (Lipinski definition) is 1. The lowest BCUT2D eigenvalue weighted by Gasteiger charge is -2.31. The summed E-state index contributed by atoms with van der Waals surface area (Å²) >= 11 is 0. The van der Waals surface area contributed by atoms with Crippen molar-refractivity contribution in [1.29, 1.82) is 0 Å². The fourth-order valence-corrected chi connectivity index (χ4v) is 2.89. The van der Waals surface area contributed by atoms with E-state index in [9.17, 15) is 18.4 Å². The third-order valence-corrected chi connectivity index (χ3v) is 4.38. The number of anilines is 1. The molecule has 0 aliphatic rings. The van der Waals surface area contributed by atoms with Crippen LogP contribution < -0.4 is 15.2 Å². The van der Waals surface area contributed by atoms with Crippen LogP contribution >= 0.6 is 0 Å². The number of ether oxygens (including phenoxy) is 1. The lowest BCUT2D eigenvalue weighted by molar-refractivity contribution is -0.0498. The number of halogens is 2. The highest BCUT2D eigenvalue weighted by atomic mass is 19.3. The molecule has 1 N–H and O–H groups in total. The number of ketones is 1. The van der Waals surface area contributed by atoms with Gasteiger partial charge >= 0.3 is 6.61 Å². The standard InChI is InChI=1S/C20H25F2N3O3/c1-20(2,3)14(12-6-8-13(9-7-12)28-18(21)22)10-16(26)15-11-17(27)24-19(23-15)25(4)5/h6-9,11,14,18H,10H2,1-5H3,(H,23,24,27)/t14-/m0/s1. The van der Waals surface area contributed by atoms with E-state index >= 15 is 0 Å². The number of hydrogen-bond acceptors (Lipinski definition) is 5. The fourth-order valence-electron chi connectivity index (χ4n) is 2.89. The molecule has 0 unspecified atom stereocenters. The molecule has 0 saturated carbocycles. The first-order chi connectivity index (χ1) is 13.0. The molecule has 152 valence electrons. The van der Waals surface area contributed by atoms with Crippen LogP contribution in [-0.4, -0.2) is 36.5 Å². The van der Waals surface area contributed by atoms with Crippen molar-refractivity contribution in [2.75, 3.05) is 19.0 Å². The van der Waals surface area contributed by atoms with Crippen LogP contribution in [-0.2, 0) is 0 Å². The number of alkyl halides is 2. The van der Waals surface area contributed by atoms with E-state index in [0.29, 0.717) is 5.95 Å². The molecular formula is C20H25F2N3O3. The van der Waals surface area contributed by atoms with E-state index in [2.05, 4.69) is 14.7 Å². The predicted octanol–water partition coefficient (Wildman–Crippen LogP) is 3.84. The van der Waals surface area contributed by atoms with Crippen molar-refractivity contribution in [3.05, 3.63) is 51.9 Å². The van der Waals surface area contributed by atoms with Crippen molar-refractivity contribution >= 4 is 11.7 Å². The molecular weight excluding hydrogens is 368 g/mol. The first-order valence-corrected chi connectivity index (χ1v) is 8.84. The molecule has 0 amide bonds. The minimum Gasteiger partial charge on any atom is -0.435 e. The fraction of sp³-hybridized carbons (Fsp3) is 0.450. The molecule has 0 aliphatic carbocycles. The van der Waals surface area contributed by atoms with Gasteiger partial charge in [-0.05, 0) is 29.0 Å². The van der Waals surface area contributed by atoms with Gasteiger partial charge in [0.15, 0.2) is 5.78 Å². The van der Waals surface area contributed by atoms with E-state index in [1.807, 2.05) is 20.8 Å². The second-order valence-corrected chi connectivity index (χ2v) is 7.84. The maximum Gasteiger partial charge on any atom is 0.387 e. The zero-order chi connectivity index (χ0) is 21.1. The highest BCUT2D eigenvalue weighted by molar-refractivity contribution is 5.95. The van der Waals surface area contributed by atoms with Crippen LogP contribution in [0.3, 0.4) is 0 Å². The van der Waals surface area contributed by atoms with E-state index < -0.39 is 12.2 Å². The van der Waals surface area contributed by atoms with Crippen LogP contribution in [0.2, 0.25) is 0 Å². The number of rotatable bonds is 7. The van der Waals surface area contributed by atoms with Gasteiger partial charge in [0, 0.05) is 26.6 Å². The molecule has 0 spiro atoms. The molecule has 1 heterocycles. The maximum absolute atomic E-state index is 12.9. The van der Waals surface area contributed by atoms with Crippen LogP contribution in [0.5, 0.6) is 5.75 Å². The van der Waals surface area contributed by atoms with E-state index in [1.165, 1.54) is 18.2 Å². The van der Waals surface area contributed by atoms with Gasteiger partial charge in [-0.3, -0.25) is 14.6 Å². The van der Waals surface area contributed by atoms with Crippen molar-refractivity contribution in [3.8, 4) is 5.75 Å². The minimum absolute atomic E-state index is 0.0598. The summed E-state index contributed by atoms with van der Waals surface area (Å²) in [6, 6.07) is 7.46. The number of Topliss-reactive ketones (excluding diaryl/α,β-unsaturated/α-hetero) is 1. The third-order valence-electron chi connectivity index (χ3n) is 4.38. The normalized spacial score (nSPS) is 12.7. The van der Waals surface area contributed by atoms with Gasteiger partial charge in [-0.1, -0.05) is 32.9 Å². The Morgan fingerprint density at radius 2 is 1.82 bits per heavy atom. The van der Waals surface area contributed by atoms with Gasteiger partial charge in [0.2, 0.25) is 5.95 Å². The van der Waals surface area contributed by atoms with Crippen LogP contribution in [0, 0.1) is 5.41 Å². The van der Waals surface area contributed by atoms with Gasteiger partial charge in [0.25, 0.3) is 5.56 Å². The molecule has 0 fully saturated rings. The van der Waals surface area contributed by atoms with Gasteiger partial charge in [0.05, 0.1) is 0 Å². The Morgan fingerprint density at radius 1 is 1.21 bits per heavy atom. The first-order valence-electron chi connectivity index (χ1n) is 8.84. The van der Waals surface area contributed by atoms with Crippen molar-refractivity contribution < 1.29 is 18.3 Å². The van der Waals surface area contributed by atoms with Crippen molar-refractivity contribution in [3.63, 3.8) is 0 Å². The number of nitrogens with zero attached hydrogens (tertiary/aromatic N) is 2. The Labute approximate surface area is 162 Å². The molecule has 0 bridgehead atoms. The second kappa shape index (κ2) is 8.50. The molecule has 1 aromatic heterocycles. The molecule has 0 aliphatic heterocycles. The summed E-state index contributed by atoms with van der Waals surface area (Å²) in [7, 11) is 3.43. The molecule has 0 saturated heterocycles. The van der Waals surface area contributed by atoms with Crippen LogP contribution in [0.1, 0.15) is 49.2 Å². The Hall–Kier alpha value is -2.77. The van der Waals surface area contributed by atoms with Crippen molar-refractivity contribution in [2.45, 2.75) is 39.7 Å². The van der Waals surface area contributed by atoms with Gasteiger partial charge in [-0.25, -0.2) is 4.98 Å². The Balaban J connectivity index is 2.30. The lowest BCUT2D eigenvalue weighted by atomic mass is 9.73. The van der Waals surface area contributed by atoms with Gasteiger partial charge in [-0.2, -0.15) is 8.78 Å². The number of aromatic amines is 1. The molecule has 1 atom stereocenters. The molecule has 28 heavy (non-hydrogen) atoms. The summed E-state index contributed by atoms with van der Waals surface area (Å²) in [5.41, 5.74) is 0.231. The Morgan fingerprint density at radius 3 is 2.32 bits per heavy atom. The quantitative estimate of drug-likeness (QED) is 0.724. The van der Waals surface area contributed by atoms with Gasteiger partial charge in [-0.15, -0.1) is 0 Å². The summed E-state index contributed by atoms with van der Waals surface area (Å²) < 4.78 is 29.1. The smallest absolute Gasteiger partial charge is 0.387 e. The first kappa shape index (κ1) is 21.5. The monoisotopic (exact) mass is 393 g/mol. The number of H-pyrrole nitrogens is 1.